The van der Waals surface area contributed by atoms with Crippen molar-refractivity contribution in [1.82, 2.24) is 0 Å². The molecule has 0 aromatic carbocycles. The molecule has 0 atom stereocenters. The fourth-order valence-electron chi connectivity index (χ4n) is 0. The average Bonchev–Trinajstić information content (AvgIpc) is 1.25. The van der Waals surface area contributed by atoms with Crippen LogP contribution < -0.4 is 11.5 Å². The Bertz CT molecular complexity index is 66.0. The maximum atomic E-state index is 5.69. The first-order valence-electron chi connectivity index (χ1n) is 2.83. The van der Waals surface area contributed by atoms with Gasteiger partial charge < -0.3 is 11.5 Å². The fraction of sp³-hybridized carbons (Fsp3) is 1.00. The first-order chi connectivity index (χ1) is 3.25. The molecule has 0 radical (unpaired) electrons. The fourth-order valence-corrected chi connectivity index (χ4v) is 0. The third-order valence-corrected chi connectivity index (χ3v) is 1.66. The Labute approximate surface area is 70.1 Å². The van der Waals surface area contributed by atoms with Crippen molar-refractivity contribution in [3.8, 4) is 0 Å². The largest absolute Gasteiger partial charge is 0.324 e. The molecule has 9 heavy (non-hydrogen) atoms. The Balaban J connectivity index is 0. The van der Waals surface area contributed by atoms with Gasteiger partial charge in [-0.05, 0) is 27.7 Å². The minimum absolute atomic E-state index is 0. The van der Waals surface area contributed by atoms with Gasteiger partial charge in [0.1, 0.15) is 0 Å². The molecule has 0 unspecified atom stereocenters. The van der Waals surface area contributed by atoms with Crippen molar-refractivity contribution in [2.24, 2.45) is 11.5 Å². The van der Waals surface area contributed by atoms with E-state index in [1.807, 2.05) is 27.7 Å². The first-order valence-corrected chi connectivity index (χ1v) is 2.83. The first kappa shape index (κ1) is 12.2. The number of rotatable bonds is 1. The zero-order valence-electron chi connectivity index (χ0n) is 6.86. The minimum Gasteiger partial charge on any atom is -0.324 e. The van der Waals surface area contributed by atoms with Gasteiger partial charge in [-0.15, -0.1) is 0 Å². The molecule has 3 heteroatoms. The van der Waals surface area contributed by atoms with E-state index in [9.17, 15) is 0 Å². The van der Waals surface area contributed by atoms with Crippen LogP contribution in [-0.2, 0) is 19.5 Å². The van der Waals surface area contributed by atoms with Crippen LogP contribution in [0.1, 0.15) is 27.7 Å². The van der Waals surface area contributed by atoms with Crippen LogP contribution >= 0.6 is 0 Å². The molecule has 0 saturated carbocycles. The van der Waals surface area contributed by atoms with Crippen LogP contribution in [-0.4, -0.2) is 11.1 Å². The molecule has 0 aromatic rings. The monoisotopic (exact) mass is 180 g/mol. The summed E-state index contributed by atoms with van der Waals surface area (Å²) >= 11 is 0. The van der Waals surface area contributed by atoms with Gasteiger partial charge in [-0.1, -0.05) is 0 Å². The van der Waals surface area contributed by atoms with Crippen molar-refractivity contribution in [3.05, 3.63) is 0 Å². The van der Waals surface area contributed by atoms with Crippen molar-refractivity contribution in [1.29, 1.82) is 0 Å². The molecule has 0 saturated heterocycles. The van der Waals surface area contributed by atoms with Crippen LogP contribution in [0.5, 0.6) is 0 Å². The van der Waals surface area contributed by atoms with E-state index in [-0.39, 0.29) is 30.6 Å². The summed E-state index contributed by atoms with van der Waals surface area (Å²) in [5.74, 6) is 0. The molecule has 0 aliphatic rings. The molecule has 0 aliphatic carbocycles. The van der Waals surface area contributed by atoms with Gasteiger partial charge in [-0.3, -0.25) is 0 Å². The SMILES string of the molecule is CC(C)(N)C(C)(C)N.[Zn]. The quantitative estimate of drug-likeness (QED) is 0.578. The number of hydrogen-bond donors (Lipinski definition) is 2. The van der Waals surface area contributed by atoms with E-state index in [1.165, 1.54) is 0 Å². The second-order valence-corrected chi connectivity index (χ2v) is 3.44. The Morgan fingerprint density at radius 2 is 0.889 bits per heavy atom. The Morgan fingerprint density at radius 1 is 0.778 bits per heavy atom. The van der Waals surface area contributed by atoms with Crippen molar-refractivity contribution in [3.63, 3.8) is 0 Å². The summed E-state index contributed by atoms with van der Waals surface area (Å²) in [4.78, 5) is 0. The van der Waals surface area contributed by atoms with E-state index in [1.54, 1.807) is 0 Å². The molecular weight excluding hydrogens is 165 g/mol. The molecule has 0 bridgehead atoms. The molecule has 0 rings (SSSR count). The van der Waals surface area contributed by atoms with Gasteiger partial charge >= 0.3 is 0 Å². The Kier molecular flexibility index (Phi) is 4.20. The summed E-state index contributed by atoms with van der Waals surface area (Å²) < 4.78 is 0. The van der Waals surface area contributed by atoms with Crippen molar-refractivity contribution in [2.75, 3.05) is 0 Å². The van der Waals surface area contributed by atoms with E-state index in [4.69, 9.17) is 11.5 Å². The summed E-state index contributed by atoms with van der Waals surface area (Å²) in [6.07, 6.45) is 0. The molecule has 0 heterocycles. The smallest absolute Gasteiger partial charge is 0.0274 e. The Morgan fingerprint density at radius 3 is 0.889 bits per heavy atom. The second-order valence-electron chi connectivity index (χ2n) is 3.44. The molecule has 0 aromatic heterocycles. The maximum Gasteiger partial charge on any atom is 0.0274 e. The topological polar surface area (TPSA) is 52.0 Å². The van der Waals surface area contributed by atoms with E-state index < -0.39 is 0 Å². The molecule has 0 fully saturated rings. The number of hydrogen-bond acceptors (Lipinski definition) is 2. The molecule has 0 amide bonds. The summed E-state index contributed by atoms with van der Waals surface area (Å²) in [5.41, 5.74) is 10.8. The van der Waals surface area contributed by atoms with Crippen molar-refractivity contribution in [2.45, 2.75) is 38.8 Å². The van der Waals surface area contributed by atoms with E-state index >= 15 is 0 Å². The van der Waals surface area contributed by atoms with Gasteiger partial charge in [0.05, 0.1) is 0 Å². The summed E-state index contributed by atoms with van der Waals surface area (Å²) in [7, 11) is 0. The van der Waals surface area contributed by atoms with E-state index in [2.05, 4.69) is 0 Å². The zero-order valence-corrected chi connectivity index (χ0v) is 9.83. The second kappa shape index (κ2) is 3.09. The summed E-state index contributed by atoms with van der Waals surface area (Å²) in [6, 6.07) is 0. The normalized spacial score (nSPS) is 12.7. The predicted octanol–water partition coefficient (Wildman–Crippen LogP) is 0.459. The molecule has 52 valence electrons. The van der Waals surface area contributed by atoms with Crippen LogP contribution in [0.15, 0.2) is 0 Å². The summed E-state index contributed by atoms with van der Waals surface area (Å²) in [5, 5.41) is 0. The average molecular weight is 182 g/mol. The maximum absolute atomic E-state index is 5.69. The summed E-state index contributed by atoms with van der Waals surface area (Å²) in [6.45, 7) is 7.69. The van der Waals surface area contributed by atoms with Crippen molar-refractivity contribution < 1.29 is 19.5 Å². The molecule has 4 N–H and O–H groups in total. The van der Waals surface area contributed by atoms with Crippen LogP contribution in [0.3, 0.4) is 0 Å². The molecule has 2 nitrogen and oxygen atoms in total. The van der Waals surface area contributed by atoms with Crippen LogP contribution in [0.2, 0.25) is 0 Å². The van der Waals surface area contributed by atoms with Gasteiger partial charge in [0.2, 0.25) is 0 Å². The predicted molar refractivity (Wildman–Crippen MR) is 36.5 cm³/mol. The number of nitrogens with two attached hydrogens (primary N) is 2. The zero-order chi connectivity index (χ0) is 7.00. The Hall–Kier alpha value is 0.543. The minimum atomic E-state index is -0.285. The molecule has 0 spiro atoms. The van der Waals surface area contributed by atoms with Gasteiger partial charge in [-0.2, -0.15) is 0 Å². The van der Waals surface area contributed by atoms with Crippen molar-refractivity contribution >= 4 is 0 Å². The van der Waals surface area contributed by atoms with Gasteiger partial charge in [0, 0.05) is 30.6 Å². The standard InChI is InChI=1S/C6H16N2.Zn/c1-5(2,7)6(3,4)8;/h7-8H2,1-4H3;. The van der Waals surface area contributed by atoms with Gasteiger partial charge in [0.15, 0.2) is 0 Å². The van der Waals surface area contributed by atoms with Gasteiger partial charge in [0.25, 0.3) is 0 Å². The third-order valence-electron chi connectivity index (χ3n) is 1.66. The molecular formula is C6H16N2Zn. The van der Waals surface area contributed by atoms with E-state index in [0.717, 1.165) is 0 Å². The van der Waals surface area contributed by atoms with Gasteiger partial charge in [-0.25, -0.2) is 0 Å². The van der Waals surface area contributed by atoms with Crippen LogP contribution in [0.25, 0.3) is 0 Å². The van der Waals surface area contributed by atoms with E-state index in [0.29, 0.717) is 0 Å². The van der Waals surface area contributed by atoms with Crippen LogP contribution in [0.4, 0.5) is 0 Å². The molecule has 0 aliphatic heterocycles. The third kappa shape index (κ3) is 4.02. The van der Waals surface area contributed by atoms with Crippen LogP contribution in [0, 0.1) is 0 Å².